The molecule has 0 aliphatic carbocycles. The number of nitrogens with one attached hydrogen (secondary N) is 3. The normalized spacial score (nSPS) is 21.7. The van der Waals surface area contributed by atoms with E-state index in [1.165, 1.54) is 19.1 Å². The van der Waals surface area contributed by atoms with Crippen LogP contribution in [0.3, 0.4) is 0 Å². The van der Waals surface area contributed by atoms with Crippen LogP contribution in [0.5, 0.6) is 0 Å². The van der Waals surface area contributed by atoms with E-state index in [0.717, 1.165) is 0 Å². The molecule has 6 N–H and O–H groups in total. The van der Waals surface area contributed by atoms with Gasteiger partial charge in [-0.25, -0.2) is 19.2 Å². The van der Waals surface area contributed by atoms with Crippen LogP contribution in [0.4, 0.5) is 9.59 Å². The van der Waals surface area contributed by atoms with Crippen LogP contribution in [0.15, 0.2) is 0 Å². The van der Waals surface area contributed by atoms with Crippen LogP contribution in [0.1, 0.15) is 95.9 Å². The third kappa shape index (κ3) is 17.9. The Morgan fingerprint density at radius 3 is 1.45 bits per heavy atom. The van der Waals surface area contributed by atoms with Gasteiger partial charge in [-0.2, -0.15) is 0 Å². The average molecular weight is 735 g/mol. The number of ether oxygens (including phenoxy) is 4. The maximum atomic E-state index is 13.0. The van der Waals surface area contributed by atoms with Gasteiger partial charge in [0.2, 0.25) is 5.91 Å². The number of carboxylic acids is 1. The van der Waals surface area contributed by atoms with Crippen LogP contribution in [0.25, 0.3) is 0 Å². The lowest BCUT2D eigenvalue weighted by Gasteiger charge is -2.35. The first-order valence-electron chi connectivity index (χ1n) is 16.7. The third-order valence-corrected chi connectivity index (χ3v) is 7.18. The highest BCUT2D eigenvalue weighted by Crippen LogP contribution is 2.27. The molecule has 2 fully saturated rings. The number of aliphatic hydroxyl groups excluding tert-OH is 2. The summed E-state index contributed by atoms with van der Waals surface area (Å²) in [6, 6.07) is -3.06. The van der Waals surface area contributed by atoms with Gasteiger partial charge in [0, 0.05) is 25.9 Å². The Balaban J connectivity index is 0.000000817. The van der Waals surface area contributed by atoms with Crippen LogP contribution in [-0.4, -0.2) is 131 Å². The first-order valence-corrected chi connectivity index (χ1v) is 16.7. The minimum atomic E-state index is -1.07. The zero-order valence-electron chi connectivity index (χ0n) is 32.7. The van der Waals surface area contributed by atoms with Gasteiger partial charge in [-0.3, -0.25) is 9.59 Å². The molecule has 296 valence electrons. The molecule has 0 unspecified atom stereocenters. The summed E-state index contributed by atoms with van der Waals surface area (Å²) in [6.45, 7) is 21.5. The Morgan fingerprint density at radius 1 is 0.686 bits per heavy atom. The fraction of sp³-hybridized carbons (Fsp3) is 0.824. The molecule has 0 radical (unpaired) electrons. The van der Waals surface area contributed by atoms with Crippen molar-refractivity contribution in [2.24, 2.45) is 10.8 Å². The molecule has 3 amide bonds. The molecular weight excluding hydrogens is 672 g/mol. The quantitative estimate of drug-likeness (QED) is 0.169. The predicted molar refractivity (Wildman–Crippen MR) is 185 cm³/mol. The number of hydrogen-bond donors (Lipinski definition) is 6. The highest BCUT2D eigenvalue weighted by atomic mass is 16.6. The van der Waals surface area contributed by atoms with Crippen molar-refractivity contribution in [3.05, 3.63) is 0 Å². The summed E-state index contributed by atoms with van der Waals surface area (Å²) in [5.41, 5.74) is -2.52. The number of carboxylic acid groups (broad SMARTS) is 1. The Kier molecular flexibility index (Phi) is 17.8. The van der Waals surface area contributed by atoms with Crippen molar-refractivity contribution < 1.29 is 63.0 Å². The summed E-state index contributed by atoms with van der Waals surface area (Å²) in [5.74, 6) is -2.41. The van der Waals surface area contributed by atoms with E-state index in [2.05, 4.69) is 20.7 Å². The second-order valence-corrected chi connectivity index (χ2v) is 16.5. The van der Waals surface area contributed by atoms with Crippen LogP contribution in [0.2, 0.25) is 0 Å². The number of β-amino-alcohol motifs (C(OH)–C–C–N with tert-alkyl or cyclic N) is 2. The lowest BCUT2D eigenvalue weighted by molar-refractivity contribution is -0.152. The van der Waals surface area contributed by atoms with Gasteiger partial charge in [0.1, 0.15) is 35.4 Å². The van der Waals surface area contributed by atoms with Gasteiger partial charge in [-0.15, -0.1) is 0 Å². The second kappa shape index (κ2) is 19.2. The Bertz CT molecular complexity index is 1200. The number of nitrogens with zero attached hydrogens (tertiary/aromatic N) is 1. The van der Waals surface area contributed by atoms with E-state index < -0.39 is 82.4 Å². The molecule has 0 aromatic rings. The molecule has 2 heterocycles. The maximum Gasteiger partial charge on any atom is 0.408 e. The number of amides is 3. The van der Waals surface area contributed by atoms with Gasteiger partial charge >= 0.3 is 30.1 Å². The molecule has 0 spiro atoms. The van der Waals surface area contributed by atoms with E-state index in [9.17, 15) is 33.9 Å². The van der Waals surface area contributed by atoms with E-state index in [1.807, 2.05) is 0 Å². The molecule has 17 nitrogen and oxygen atoms in total. The van der Waals surface area contributed by atoms with Gasteiger partial charge < -0.3 is 55.1 Å². The first kappa shape index (κ1) is 47.3. The number of hydrogen-bond acceptors (Lipinski definition) is 13. The van der Waals surface area contributed by atoms with Gasteiger partial charge in [-0.05, 0) is 52.4 Å². The first-order chi connectivity index (χ1) is 22.9. The molecular formula is C34H62N4O13. The average Bonchev–Trinajstić information content (AvgIpc) is 3.56. The number of rotatable bonds is 6. The number of aliphatic carboxylic acids is 1. The van der Waals surface area contributed by atoms with E-state index in [1.54, 1.807) is 83.1 Å². The molecule has 0 aromatic heterocycles. The van der Waals surface area contributed by atoms with Crippen molar-refractivity contribution in [3.63, 3.8) is 0 Å². The standard InChI is InChI=1S/C17H30N2O6.C11H21NO4.C6H11NO3/c1-16(2,3)12(18-15(23)25-17(4,5)6)13(21)19-9-10(20)8-11(19)14(22)24-7;1-10(2,3)7(8(13)14)12-9(15)16-11(4,5)6;1-10-6(9)5-2-4(8)3-7-5/h10-12,20H,8-9H2,1-7H3,(H,18,23);7H,1-6H3,(H,12,15)(H,13,14);4-5,7-8H,2-3H2,1H3/t10-,11-,12+;7-;4-,5-/m010/s1. The molecule has 0 aromatic carbocycles. The zero-order chi connectivity index (χ0) is 40.3. The van der Waals surface area contributed by atoms with Gasteiger partial charge in [-0.1, -0.05) is 41.5 Å². The summed E-state index contributed by atoms with van der Waals surface area (Å²) in [7, 11) is 2.57. The van der Waals surface area contributed by atoms with Crippen molar-refractivity contribution >= 4 is 36.0 Å². The van der Waals surface area contributed by atoms with Crippen molar-refractivity contribution in [3.8, 4) is 0 Å². The molecule has 2 aliphatic heterocycles. The van der Waals surface area contributed by atoms with Crippen molar-refractivity contribution in [1.82, 2.24) is 20.9 Å². The number of methoxy groups -OCH3 is 2. The van der Waals surface area contributed by atoms with Gasteiger partial charge in [0.25, 0.3) is 0 Å². The molecule has 17 heteroatoms. The van der Waals surface area contributed by atoms with E-state index in [4.69, 9.17) is 24.4 Å². The van der Waals surface area contributed by atoms with E-state index >= 15 is 0 Å². The largest absolute Gasteiger partial charge is 0.480 e. The Labute approximate surface area is 301 Å². The Hall–Kier alpha value is -3.70. The summed E-state index contributed by atoms with van der Waals surface area (Å²) in [4.78, 5) is 71.5. The predicted octanol–water partition coefficient (Wildman–Crippen LogP) is 1.95. The molecule has 2 saturated heterocycles. The summed E-state index contributed by atoms with van der Waals surface area (Å²) in [6.07, 6.45) is -2.06. The van der Waals surface area contributed by atoms with Crippen LogP contribution >= 0.6 is 0 Å². The monoisotopic (exact) mass is 734 g/mol. The lowest BCUT2D eigenvalue weighted by atomic mass is 9.85. The van der Waals surface area contributed by atoms with Crippen LogP contribution in [-0.2, 0) is 38.1 Å². The van der Waals surface area contributed by atoms with Gasteiger partial charge in [0.15, 0.2) is 0 Å². The molecule has 0 bridgehead atoms. The molecule has 2 rings (SSSR count). The van der Waals surface area contributed by atoms with Crippen molar-refractivity contribution in [1.29, 1.82) is 0 Å². The van der Waals surface area contributed by atoms with Crippen LogP contribution < -0.4 is 16.0 Å². The van der Waals surface area contributed by atoms with E-state index in [-0.39, 0.29) is 25.0 Å². The molecule has 6 atom stereocenters. The number of carbonyl (C=O) groups is 6. The molecule has 0 saturated carbocycles. The molecule has 2 aliphatic rings. The summed E-state index contributed by atoms with van der Waals surface area (Å²) in [5, 5.41) is 35.6. The zero-order valence-corrected chi connectivity index (χ0v) is 32.7. The summed E-state index contributed by atoms with van der Waals surface area (Å²) < 4.78 is 19.4. The van der Waals surface area contributed by atoms with Crippen molar-refractivity contribution in [2.45, 2.75) is 144 Å². The minimum absolute atomic E-state index is 0.0151. The van der Waals surface area contributed by atoms with E-state index in [0.29, 0.717) is 13.0 Å². The fourth-order valence-corrected chi connectivity index (χ4v) is 4.77. The minimum Gasteiger partial charge on any atom is -0.480 e. The smallest absolute Gasteiger partial charge is 0.408 e. The number of likely N-dealkylation sites (tertiary alicyclic amines) is 1. The fourth-order valence-electron chi connectivity index (χ4n) is 4.77. The topological polar surface area (TPSA) is 239 Å². The molecule has 51 heavy (non-hydrogen) atoms. The van der Waals surface area contributed by atoms with Crippen molar-refractivity contribution in [2.75, 3.05) is 27.3 Å². The number of aliphatic hydroxyl groups is 2. The maximum absolute atomic E-state index is 13.0. The second-order valence-electron chi connectivity index (χ2n) is 16.5. The Morgan fingerprint density at radius 2 is 1.12 bits per heavy atom. The highest BCUT2D eigenvalue weighted by molar-refractivity contribution is 5.91. The SMILES string of the molecule is CC(C)(C)OC(=O)N[C@H](C(=O)O)C(C)(C)C.COC(=O)[C@@H]1C[C@H](O)CN1.COC(=O)[C@@H]1C[C@H](O)CN1C(=O)[C@@H](NC(=O)OC(C)(C)C)C(C)(C)C. The number of carbonyl (C=O) groups excluding carboxylic acids is 5. The van der Waals surface area contributed by atoms with Gasteiger partial charge in [0.05, 0.1) is 26.4 Å². The highest BCUT2D eigenvalue weighted by Gasteiger charge is 2.45. The number of alkyl carbamates (subject to hydrolysis) is 2. The third-order valence-electron chi connectivity index (χ3n) is 7.18. The lowest BCUT2D eigenvalue weighted by Crippen LogP contribution is -2.57. The van der Waals surface area contributed by atoms with Crippen LogP contribution in [0, 0.1) is 10.8 Å². The summed E-state index contributed by atoms with van der Waals surface area (Å²) >= 11 is 0. The number of esters is 2.